The molecule has 9 nitrogen and oxygen atoms in total. The van der Waals surface area contributed by atoms with Crippen LogP contribution in [0.4, 0.5) is 30.2 Å². The van der Waals surface area contributed by atoms with E-state index in [-0.39, 0.29) is 23.2 Å². The van der Waals surface area contributed by atoms with Gasteiger partial charge in [-0.2, -0.15) is 9.97 Å². The number of hydrogen-bond donors (Lipinski definition) is 2. The van der Waals surface area contributed by atoms with E-state index in [1.807, 2.05) is 0 Å². The highest BCUT2D eigenvalue weighted by atomic mass is 32.2. The number of anilines is 3. The number of nitrogens with zero attached hydrogens (tertiary/aromatic N) is 4. The van der Waals surface area contributed by atoms with Gasteiger partial charge >= 0.3 is 11.2 Å². The van der Waals surface area contributed by atoms with Crippen LogP contribution in [0, 0.1) is 18.6 Å². The van der Waals surface area contributed by atoms with Crippen molar-refractivity contribution in [3.63, 3.8) is 0 Å². The van der Waals surface area contributed by atoms with Crippen LogP contribution < -0.4 is 15.5 Å². The second-order valence-corrected chi connectivity index (χ2v) is 10.2. The van der Waals surface area contributed by atoms with Gasteiger partial charge in [0.25, 0.3) is 5.91 Å². The molecule has 13 heteroatoms. The number of nitrogens with one attached hydrogen (secondary N) is 2. The highest BCUT2D eigenvalue weighted by Crippen LogP contribution is 2.39. The average molecular weight is 541 g/mol. The fourth-order valence-corrected chi connectivity index (χ4v) is 4.83. The molecule has 1 unspecified atom stereocenters. The van der Waals surface area contributed by atoms with Gasteiger partial charge in [0.15, 0.2) is 10.9 Å². The van der Waals surface area contributed by atoms with Crippen molar-refractivity contribution in [1.82, 2.24) is 20.3 Å². The number of rotatable bonds is 5. The number of para-hydroxylation sites is 1. The first-order valence-electron chi connectivity index (χ1n) is 10.8. The van der Waals surface area contributed by atoms with Crippen LogP contribution in [0.3, 0.4) is 0 Å². The van der Waals surface area contributed by atoms with E-state index < -0.39 is 40.4 Å². The molecule has 2 aromatic carbocycles. The number of thiazole rings is 1. The molecule has 5 rings (SSSR count). The topological polar surface area (TPSA) is 123 Å². The second kappa shape index (κ2) is 9.84. The van der Waals surface area contributed by atoms with Crippen molar-refractivity contribution in [1.29, 1.82) is 0 Å². The molecule has 0 saturated carbocycles. The molecule has 0 bridgehead atoms. The maximum atomic E-state index is 14.7. The molecule has 0 aliphatic carbocycles. The van der Waals surface area contributed by atoms with Crippen molar-refractivity contribution in [3.05, 3.63) is 76.3 Å². The highest BCUT2D eigenvalue weighted by molar-refractivity contribution is 7.90. The molecular formula is C24H18F2N6O3S2. The van der Waals surface area contributed by atoms with Gasteiger partial charge in [-0.1, -0.05) is 12.1 Å². The molecule has 3 heterocycles. The van der Waals surface area contributed by atoms with Gasteiger partial charge in [-0.25, -0.2) is 23.5 Å². The van der Waals surface area contributed by atoms with Crippen molar-refractivity contribution in [2.24, 2.45) is 0 Å². The standard InChI is InChI=1S/C24H18F2N6O3S2/c1-12-6-7-13(21(33)31-22-27-8-9-36-22)10-14(12)18-15-11-28-24(34)32(19-16(25)4-3-5-17(19)26)20(15)30-23(29-18)37(2)35/h3-10H,11H2,1-2H3,(H,28,34)(H,27,31,33). The Morgan fingerprint density at radius 1 is 1.22 bits per heavy atom. The third kappa shape index (κ3) is 4.63. The Balaban J connectivity index is 1.69. The third-order valence-corrected chi connectivity index (χ3v) is 7.01. The molecule has 1 aliphatic rings. The number of urea groups is 1. The lowest BCUT2D eigenvalue weighted by Crippen LogP contribution is -2.43. The molecule has 2 aromatic heterocycles. The number of hydrogen-bond acceptors (Lipinski definition) is 7. The Kier molecular flexibility index (Phi) is 6.58. The quantitative estimate of drug-likeness (QED) is 0.283. The van der Waals surface area contributed by atoms with Gasteiger partial charge in [-0.15, -0.1) is 11.3 Å². The van der Waals surface area contributed by atoms with E-state index in [4.69, 9.17) is 0 Å². The minimum Gasteiger partial charge on any atom is -0.609 e. The maximum Gasteiger partial charge on any atom is 0.345 e. The van der Waals surface area contributed by atoms with E-state index in [2.05, 4.69) is 25.6 Å². The molecule has 0 spiro atoms. The summed E-state index contributed by atoms with van der Waals surface area (Å²) in [5.74, 6) is -2.44. The van der Waals surface area contributed by atoms with Crippen molar-refractivity contribution in [3.8, 4) is 11.3 Å². The number of amides is 3. The SMILES string of the molecule is Cc1ccc(C(=O)Nc2nccs2)cc1-c1nc([S+](C)[O-])nc2c1CNC(=O)N2c1c(F)cccc1F. The molecule has 1 aliphatic heterocycles. The van der Waals surface area contributed by atoms with Crippen LogP contribution in [0.25, 0.3) is 11.3 Å². The minimum atomic E-state index is -1.70. The molecule has 0 fully saturated rings. The minimum absolute atomic E-state index is 0.0539. The normalized spacial score (nSPS) is 13.6. The highest BCUT2D eigenvalue weighted by Gasteiger charge is 2.35. The summed E-state index contributed by atoms with van der Waals surface area (Å²) in [5, 5.41) is 7.34. The first-order chi connectivity index (χ1) is 17.7. The summed E-state index contributed by atoms with van der Waals surface area (Å²) < 4.78 is 41.9. The molecule has 3 amide bonds. The maximum absolute atomic E-state index is 14.7. The summed E-state index contributed by atoms with van der Waals surface area (Å²) in [6.45, 7) is 1.74. The van der Waals surface area contributed by atoms with Crippen molar-refractivity contribution >= 4 is 51.1 Å². The Labute approximate surface area is 216 Å². The summed E-state index contributed by atoms with van der Waals surface area (Å²) in [6.07, 6.45) is 2.92. The lowest BCUT2D eigenvalue weighted by Gasteiger charge is -2.30. The lowest BCUT2D eigenvalue weighted by atomic mass is 9.97. The Morgan fingerprint density at radius 3 is 2.65 bits per heavy atom. The molecular weight excluding hydrogens is 522 g/mol. The predicted octanol–water partition coefficient (Wildman–Crippen LogP) is 4.54. The lowest BCUT2D eigenvalue weighted by molar-refractivity contribution is 0.102. The van der Waals surface area contributed by atoms with Gasteiger partial charge in [0, 0.05) is 39.4 Å². The fourth-order valence-electron chi connectivity index (χ4n) is 3.87. The van der Waals surface area contributed by atoms with Gasteiger partial charge in [0.1, 0.15) is 23.6 Å². The van der Waals surface area contributed by atoms with Gasteiger partial charge in [-0.3, -0.25) is 10.1 Å². The van der Waals surface area contributed by atoms with Crippen LogP contribution in [0.5, 0.6) is 0 Å². The molecule has 0 radical (unpaired) electrons. The van der Waals surface area contributed by atoms with Gasteiger partial charge in [-0.05, 0) is 36.8 Å². The summed E-state index contributed by atoms with van der Waals surface area (Å²) in [4.78, 5) is 39.3. The fraction of sp³-hybridized carbons (Fsp3) is 0.125. The second-order valence-electron chi connectivity index (χ2n) is 8.00. The molecule has 188 valence electrons. The zero-order chi connectivity index (χ0) is 26.3. The van der Waals surface area contributed by atoms with E-state index in [9.17, 15) is 22.9 Å². The number of halogens is 2. The monoisotopic (exact) mass is 540 g/mol. The molecule has 2 N–H and O–H groups in total. The number of fused-ring (bicyclic) bond motifs is 1. The first-order valence-corrected chi connectivity index (χ1v) is 13.3. The van der Waals surface area contributed by atoms with Crippen LogP contribution in [0.2, 0.25) is 0 Å². The Hall–Kier alpha value is -3.94. The summed E-state index contributed by atoms with van der Waals surface area (Å²) >= 11 is -0.432. The molecule has 1 atom stereocenters. The zero-order valence-corrected chi connectivity index (χ0v) is 21.0. The van der Waals surface area contributed by atoms with Gasteiger partial charge in [0.2, 0.25) is 0 Å². The zero-order valence-electron chi connectivity index (χ0n) is 19.4. The molecule has 4 aromatic rings. The van der Waals surface area contributed by atoms with Crippen LogP contribution in [0.1, 0.15) is 21.5 Å². The van der Waals surface area contributed by atoms with E-state index in [0.717, 1.165) is 22.6 Å². The van der Waals surface area contributed by atoms with Crippen molar-refractivity contribution < 1.29 is 22.9 Å². The van der Waals surface area contributed by atoms with E-state index in [1.54, 1.807) is 36.7 Å². The third-order valence-electron chi connectivity index (χ3n) is 5.62. The van der Waals surface area contributed by atoms with E-state index in [0.29, 0.717) is 21.8 Å². The molecule has 0 saturated heterocycles. The van der Waals surface area contributed by atoms with Gasteiger partial charge in [0.05, 0.1) is 12.2 Å². The van der Waals surface area contributed by atoms with Crippen LogP contribution >= 0.6 is 11.3 Å². The van der Waals surface area contributed by atoms with Crippen LogP contribution in [-0.2, 0) is 17.7 Å². The average Bonchev–Trinajstić information content (AvgIpc) is 3.37. The number of aryl methyl sites for hydroxylation is 1. The van der Waals surface area contributed by atoms with Gasteiger partial charge < -0.3 is 9.87 Å². The Bertz CT molecular complexity index is 1510. The van der Waals surface area contributed by atoms with Crippen LogP contribution in [0.15, 0.2) is 53.1 Å². The summed E-state index contributed by atoms with van der Waals surface area (Å²) in [5.41, 5.74) is 1.53. The largest absolute Gasteiger partial charge is 0.609 e. The first kappa shape index (κ1) is 24.7. The van der Waals surface area contributed by atoms with Crippen molar-refractivity contribution in [2.75, 3.05) is 16.5 Å². The van der Waals surface area contributed by atoms with E-state index in [1.165, 1.54) is 23.7 Å². The number of benzene rings is 2. The predicted molar refractivity (Wildman–Crippen MR) is 135 cm³/mol. The van der Waals surface area contributed by atoms with Crippen molar-refractivity contribution in [2.45, 2.75) is 18.6 Å². The number of carbonyl (C=O) groups excluding carboxylic acids is 2. The smallest absolute Gasteiger partial charge is 0.345 e. The van der Waals surface area contributed by atoms with E-state index >= 15 is 0 Å². The number of carbonyl (C=O) groups is 2. The summed E-state index contributed by atoms with van der Waals surface area (Å²) in [6, 6.07) is 7.39. The summed E-state index contributed by atoms with van der Waals surface area (Å²) in [7, 11) is 0. The molecule has 37 heavy (non-hydrogen) atoms. The van der Waals surface area contributed by atoms with Crippen LogP contribution in [-0.4, -0.2) is 37.7 Å². The number of aromatic nitrogens is 3. The Morgan fingerprint density at radius 2 is 1.97 bits per heavy atom.